The number of rotatable bonds is 2. The van der Waals surface area contributed by atoms with Crippen molar-refractivity contribution in [3.8, 4) is 0 Å². The van der Waals surface area contributed by atoms with E-state index in [0.717, 1.165) is 17.8 Å². The number of nitrogens with zero attached hydrogens (tertiary/aromatic N) is 4. The summed E-state index contributed by atoms with van der Waals surface area (Å²) in [5.41, 5.74) is 2.76. The monoisotopic (exact) mass is 312 g/mol. The lowest BCUT2D eigenvalue weighted by atomic mass is 10.1. The van der Waals surface area contributed by atoms with Crippen molar-refractivity contribution in [1.82, 2.24) is 19.4 Å². The average Bonchev–Trinajstić information content (AvgIpc) is 2.70. The van der Waals surface area contributed by atoms with E-state index in [1.165, 1.54) is 56.8 Å². The molecule has 5 heteroatoms. The number of piperazine rings is 1. The molecule has 0 saturated carbocycles. The van der Waals surface area contributed by atoms with Gasteiger partial charge in [-0.3, -0.25) is 4.90 Å². The molecular formula is C13H21BrN4. The molecule has 1 saturated heterocycles. The molecule has 0 amide bonds. The quantitative estimate of drug-likeness (QED) is 0.831. The fourth-order valence-electron chi connectivity index (χ4n) is 2.92. The molecule has 0 bridgehead atoms. The molecule has 0 radical (unpaired) electrons. The van der Waals surface area contributed by atoms with Gasteiger partial charge in [0.05, 0.1) is 5.69 Å². The van der Waals surface area contributed by atoms with Crippen molar-refractivity contribution in [2.75, 3.05) is 33.2 Å². The number of likely N-dealkylation sites (N-methyl/N-ethyl adjacent to an activating group) is 1. The van der Waals surface area contributed by atoms with Crippen molar-refractivity contribution in [2.24, 2.45) is 0 Å². The maximum absolute atomic E-state index is 4.73. The number of hydrogen-bond donors (Lipinski definition) is 0. The lowest BCUT2D eigenvalue weighted by Crippen LogP contribution is -2.44. The zero-order valence-electron chi connectivity index (χ0n) is 11.0. The highest BCUT2D eigenvalue weighted by atomic mass is 79.9. The molecule has 1 aromatic heterocycles. The molecule has 3 rings (SSSR count). The average molecular weight is 313 g/mol. The van der Waals surface area contributed by atoms with Crippen LogP contribution >= 0.6 is 15.9 Å². The maximum Gasteiger partial charge on any atom is 0.177 e. The second-order valence-electron chi connectivity index (χ2n) is 5.46. The van der Waals surface area contributed by atoms with Crippen molar-refractivity contribution in [3.63, 3.8) is 0 Å². The molecule has 0 aromatic carbocycles. The van der Waals surface area contributed by atoms with Gasteiger partial charge in [0.25, 0.3) is 0 Å². The van der Waals surface area contributed by atoms with Gasteiger partial charge in [0.1, 0.15) is 0 Å². The summed E-state index contributed by atoms with van der Waals surface area (Å²) in [6.07, 6.45) is 3.80. The molecular weight excluding hydrogens is 292 g/mol. The largest absolute Gasteiger partial charge is 0.322 e. The van der Waals surface area contributed by atoms with Crippen LogP contribution < -0.4 is 0 Å². The van der Waals surface area contributed by atoms with Crippen LogP contribution in [-0.2, 0) is 19.5 Å². The van der Waals surface area contributed by atoms with E-state index >= 15 is 0 Å². The topological polar surface area (TPSA) is 24.3 Å². The van der Waals surface area contributed by atoms with Crippen molar-refractivity contribution in [2.45, 2.75) is 32.4 Å². The Bertz CT molecular complexity index is 421. The van der Waals surface area contributed by atoms with Gasteiger partial charge in [-0.05, 0) is 42.2 Å². The van der Waals surface area contributed by atoms with Crippen LogP contribution in [0.4, 0.5) is 0 Å². The molecule has 0 atom stereocenters. The first-order chi connectivity index (χ1) is 8.74. The van der Waals surface area contributed by atoms with Gasteiger partial charge in [0.15, 0.2) is 4.73 Å². The summed E-state index contributed by atoms with van der Waals surface area (Å²) in [6, 6.07) is 0. The van der Waals surface area contributed by atoms with Crippen LogP contribution in [0.1, 0.15) is 24.2 Å². The van der Waals surface area contributed by atoms with Gasteiger partial charge in [-0.2, -0.15) is 0 Å². The Morgan fingerprint density at radius 1 is 1.11 bits per heavy atom. The standard InChI is InChI=1S/C13H21BrN4/c1-16-6-8-17(9-7-16)10-11-12-4-2-3-5-18(12)13(14)15-11/h2-10H2,1H3. The molecule has 0 spiro atoms. The minimum atomic E-state index is 1.02. The Balaban J connectivity index is 1.73. The van der Waals surface area contributed by atoms with Gasteiger partial charge in [0, 0.05) is 45.0 Å². The van der Waals surface area contributed by atoms with E-state index in [1.807, 2.05) is 0 Å². The summed E-state index contributed by atoms with van der Waals surface area (Å²) in [4.78, 5) is 9.66. The summed E-state index contributed by atoms with van der Waals surface area (Å²) in [7, 11) is 2.20. The highest BCUT2D eigenvalue weighted by Gasteiger charge is 2.21. The lowest BCUT2D eigenvalue weighted by molar-refractivity contribution is 0.146. The van der Waals surface area contributed by atoms with Crippen LogP contribution in [0.15, 0.2) is 4.73 Å². The zero-order chi connectivity index (χ0) is 12.5. The number of halogens is 1. The summed E-state index contributed by atoms with van der Waals surface area (Å²) in [6.45, 7) is 6.84. The highest BCUT2D eigenvalue weighted by Crippen LogP contribution is 2.25. The summed E-state index contributed by atoms with van der Waals surface area (Å²) >= 11 is 3.60. The van der Waals surface area contributed by atoms with E-state index in [-0.39, 0.29) is 0 Å². The molecule has 1 aromatic rings. The molecule has 18 heavy (non-hydrogen) atoms. The summed E-state index contributed by atoms with van der Waals surface area (Å²) in [5.74, 6) is 0. The first-order valence-electron chi connectivity index (χ1n) is 6.89. The molecule has 0 N–H and O–H groups in total. The molecule has 4 nitrogen and oxygen atoms in total. The Kier molecular flexibility index (Phi) is 3.73. The van der Waals surface area contributed by atoms with Crippen LogP contribution in [0.3, 0.4) is 0 Å². The van der Waals surface area contributed by atoms with Gasteiger partial charge in [-0.1, -0.05) is 0 Å². The molecule has 0 unspecified atom stereocenters. The maximum atomic E-state index is 4.73. The van der Waals surface area contributed by atoms with Crippen molar-refractivity contribution >= 4 is 15.9 Å². The Morgan fingerprint density at radius 2 is 1.89 bits per heavy atom. The fraction of sp³-hybridized carbons (Fsp3) is 0.769. The molecule has 2 aliphatic rings. The summed E-state index contributed by atoms with van der Waals surface area (Å²) in [5, 5.41) is 0. The molecule has 1 fully saturated rings. The Labute approximate surface area is 117 Å². The van der Waals surface area contributed by atoms with Gasteiger partial charge < -0.3 is 9.47 Å². The minimum Gasteiger partial charge on any atom is -0.322 e. The van der Waals surface area contributed by atoms with E-state index in [9.17, 15) is 0 Å². The highest BCUT2D eigenvalue weighted by molar-refractivity contribution is 9.10. The lowest BCUT2D eigenvalue weighted by Gasteiger charge is -2.32. The summed E-state index contributed by atoms with van der Waals surface area (Å²) < 4.78 is 3.39. The second-order valence-corrected chi connectivity index (χ2v) is 6.17. The predicted molar refractivity (Wildman–Crippen MR) is 75.6 cm³/mol. The molecule has 0 aliphatic carbocycles. The van der Waals surface area contributed by atoms with Crippen LogP contribution in [0.25, 0.3) is 0 Å². The van der Waals surface area contributed by atoms with E-state index in [1.54, 1.807) is 0 Å². The Hall–Kier alpha value is -0.390. The van der Waals surface area contributed by atoms with Gasteiger partial charge in [0.2, 0.25) is 0 Å². The predicted octanol–water partition coefficient (Wildman–Crippen LogP) is 1.73. The third kappa shape index (κ3) is 2.49. The third-order valence-corrected chi connectivity index (χ3v) is 4.73. The SMILES string of the molecule is CN1CCN(Cc2nc(Br)n3c2CCCC3)CC1. The van der Waals surface area contributed by atoms with Crippen molar-refractivity contribution in [3.05, 3.63) is 16.1 Å². The number of aromatic nitrogens is 2. The van der Waals surface area contributed by atoms with E-state index in [4.69, 9.17) is 4.98 Å². The normalized spacial score (nSPS) is 22.1. The number of fused-ring (bicyclic) bond motifs is 1. The van der Waals surface area contributed by atoms with E-state index in [0.29, 0.717) is 0 Å². The van der Waals surface area contributed by atoms with E-state index in [2.05, 4.69) is 37.3 Å². The number of hydrogen-bond acceptors (Lipinski definition) is 3. The molecule has 3 heterocycles. The van der Waals surface area contributed by atoms with Crippen LogP contribution in [0.5, 0.6) is 0 Å². The van der Waals surface area contributed by atoms with E-state index < -0.39 is 0 Å². The minimum absolute atomic E-state index is 1.02. The van der Waals surface area contributed by atoms with Gasteiger partial charge >= 0.3 is 0 Å². The fourth-order valence-corrected chi connectivity index (χ4v) is 3.52. The first kappa shape index (κ1) is 12.6. The van der Waals surface area contributed by atoms with Crippen molar-refractivity contribution < 1.29 is 0 Å². The van der Waals surface area contributed by atoms with Crippen LogP contribution in [-0.4, -0.2) is 52.6 Å². The second kappa shape index (κ2) is 5.31. The first-order valence-corrected chi connectivity index (χ1v) is 7.68. The molecule has 100 valence electrons. The smallest absolute Gasteiger partial charge is 0.177 e. The third-order valence-electron chi connectivity index (χ3n) is 4.12. The van der Waals surface area contributed by atoms with Gasteiger partial charge in [-0.15, -0.1) is 0 Å². The number of imidazole rings is 1. The van der Waals surface area contributed by atoms with Crippen LogP contribution in [0, 0.1) is 0 Å². The van der Waals surface area contributed by atoms with Crippen molar-refractivity contribution in [1.29, 1.82) is 0 Å². The van der Waals surface area contributed by atoms with Crippen LogP contribution in [0.2, 0.25) is 0 Å². The van der Waals surface area contributed by atoms with Gasteiger partial charge in [-0.25, -0.2) is 4.98 Å². The molecule has 2 aliphatic heterocycles. The zero-order valence-corrected chi connectivity index (χ0v) is 12.6. The Morgan fingerprint density at radius 3 is 2.67 bits per heavy atom.